The Morgan fingerprint density at radius 1 is 1.08 bits per heavy atom. The zero-order valence-electron chi connectivity index (χ0n) is 14.9. The highest BCUT2D eigenvalue weighted by Gasteiger charge is 2.22. The summed E-state index contributed by atoms with van der Waals surface area (Å²) in [5, 5.41) is 10.9. The number of rotatable bonds is 4. The third-order valence-electron chi connectivity index (χ3n) is 4.77. The van der Waals surface area contributed by atoms with Crippen molar-refractivity contribution in [3.63, 3.8) is 0 Å². The van der Waals surface area contributed by atoms with Gasteiger partial charge in [0.15, 0.2) is 0 Å². The van der Waals surface area contributed by atoms with Gasteiger partial charge in [0, 0.05) is 49.9 Å². The molecule has 1 aliphatic heterocycles. The molecule has 1 saturated heterocycles. The van der Waals surface area contributed by atoms with Crippen LogP contribution in [-0.2, 0) is 6.54 Å². The minimum Gasteiger partial charge on any atom is -0.337 e. The molecule has 0 radical (unpaired) electrons. The Hall–Kier alpha value is -2.73. The van der Waals surface area contributed by atoms with E-state index in [2.05, 4.69) is 17.0 Å². The monoisotopic (exact) mass is 353 g/mol. The molecule has 136 valence electrons. The second kappa shape index (κ2) is 8.10. The summed E-state index contributed by atoms with van der Waals surface area (Å²) in [6.45, 7) is 5.71. The summed E-state index contributed by atoms with van der Waals surface area (Å²) in [4.78, 5) is 27.5. The zero-order valence-corrected chi connectivity index (χ0v) is 14.9. The lowest BCUT2D eigenvalue weighted by molar-refractivity contribution is -0.385. The molecule has 0 N–H and O–H groups in total. The molecule has 1 amide bonds. The molecule has 0 saturated carbocycles. The van der Waals surface area contributed by atoms with Crippen LogP contribution in [0.5, 0.6) is 0 Å². The van der Waals surface area contributed by atoms with Crippen LogP contribution >= 0.6 is 0 Å². The summed E-state index contributed by atoms with van der Waals surface area (Å²) in [5.41, 5.74) is 2.36. The van der Waals surface area contributed by atoms with Crippen molar-refractivity contribution in [2.75, 3.05) is 26.2 Å². The Morgan fingerprint density at radius 3 is 2.54 bits per heavy atom. The molecule has 2 aromatic carbocycles. The molecule has 26 heavy (non-hydrogen) atoms. The molecule has 0 unspecified atom stereocenters. The van der Waals surface area contributed by atoms with Crippen molar-refractivity contribution in [2.24, 2.45) is 0 Å². The van der Waals surface area contributed by atoms with Crippen LogP contribution < -0.4 is 0 Å². The van der Waals surface area contributed by atoms with E-state index in [1.54, 1.807) is 19.1 Å². The standard InChI is InChI=1S/C20H23N3O3/c1-16-14-18(8-9-19(16)23(25)26)20(24)22-11-5-10-21(12-13-22)15-17-6-3-2-4-7-17/h2-4,6-9,14H,5,10-13,15H2,1H3. The third-order valence-corrected chi connectivity index (χ3v) is 4.77. The van der Waals surface area contributed by atoms with Gasteiger partial charge in [0.2, 0.25) is 0 Å². The fourth-order valence-corrected chi connectivity index (χ4v) is 3.35. The first-order valence-electron chi connectivity index (χ1n) is 8.85. The van der Waals surface area contributed by atoms with Crippen molar-refractivity contribution in [1.82, 2.24) is 9.80 Å². The number of nitro groups is 1. The fraction of sp³-hybridized carbons (Fsp3) is 0.350. The fourth-order valence-electron chi connectivity index (χ4n) is 3.35. The molecule has 0 spiro atoms. The highest BCUT2D eigenvalue weighted by Crippen LogP contribution is 2.20. The van der Waals surface area contributed by atoms with Gasteiger partial charge in [0.05, 0.1) is 4.92 Å². The topological polar surface area (TPSA) is 66.7 Å². The van der Waals surface area contributed by atoms with E-state index in [9.17, 15) is 14.9 Å². The van der Waals surface area contributed by atoms with Crippen molar-refractivity contribution in [1.29, 1.82) is 0 Å². The van der Waals surface area contributed by atoms with Crippen LogP contribution in [-0.4, -0.2) is 46.8 Å². The first-order valence-corrected chi connectivity index (χ1v) is 8.85. The van der Waals surface area contributed by atoms with Gasteiger partial charge in [0.1, 0.15) is 0 Å². The highest BCUT2D eigenvalue weighted by molar-refractivity contribution is 5.94. The van der Waals surface area contributed by atoms with Crippen LogP contribution in [0.4, 0.5) is 5.69 Å². The van der Waals surface area contributed by atoms with E-state index in [4.69, 9.17) is 0 Å². The average molecular weight is 353 g/mol. The number of carbonyl (C=O) groups is 1. The van der Waals surface area contributed by atoms with Crippen LogP contribution in [0.25, 0.3) is 0 Å². The summed E-state index contributed by atoms with van der Waals surface area (Å²) in [5.74, 6) is -0.0513. The molecule has 0 atom stereocenters. The summed E-state index contributed by atoms with van der Waals surface area (Å²) in [7, 11) is 0. The smallest absolute Gasteiger partial charge is 0.272 e. The van der Waals surface area contributed by atoms with Gasteiger partial charge in [-0.2, -0.15) is 0 Å². The second-order valence-electron chi connectivity index (χ2n) is 6.67. The average Bonchev–Trinajstić information content (AvgIpc) is 2.87. The summed E-state index contributed by atoms with van der Waals surface area (Å²) < 4.78 is 0. The maximum absolute atomic E-state index is 12.8. The van der Waals surface area contributed by atoms with Gasteiger partial charge < -0.3 is 4.90 Å². The van der Waals surface area contributed by atoms with E-state index < -0.39 is 4.92 Å². The number of nitrogens with zero attached hydrogens (tertiary/aromatic N) is 3. The van der Waals surface area contributed by atoms with Crippen molar-refractivity contribution in [3.05, 3.63) is 75.3 Å². The maximum atomic E-state index is 12.8. The van der Waals surface area contributed by atoms with Gasteiger partial charge in [-0.1, -0.05) is 30.3 Å². The molecular formula is C20H23N3O3. The van der Waals surface area contributed by atoms with Crippen molar-refractivity contribution >= 4 is 11.6 Å². The van der Waals surface area contributed by atoms with E-state index in [0.717, 1.165) is 26.1 Å². The van der Waals surface area contributed by atoms with Crippen molar-refractivity contribution < 1.29 is 9.72 Å². The van der Waals surface area contributed by atoms with Crippen LogP contribution in [0.3, 0.4) is 0 Å². The highest BCUT2D eigenvalue weighted by atomic mass is 16.6. The Bertz CT molecular complexity index is 792. The molecule has 6 heteroatoms. The molecule has 0 aromatic heterocycles. The molecular weight excluding hydrogens is 330 g/mol. The van der Waals surface area contributed by atoms with Gasteiger partial charge in [-0.3, -0.25) is 19.8 Å². The number of carbonyl (C=O) groups excluding carboxylic acids is 1. The van der Waals surface area contributed by atoms with Crippen LogP contribution in [0, 0.1) is 17.0 Å². The largest absolute Gasteiger partial charge is 0.337 e. The minimum atomic E-state index is -0.420. The first-order chi connectivity index (χ1) is 12.5. The molecule has 2 aromatic rings. The third kappa shape index (κ3) is 4.26. The SMILES string of the molecule is Cc1cc(C(=O)N2CCCN(Cc3ccccc3)CC2)ccc1[N+](=O)[O-]. The molecule has 0 aliphatic carbocycles. The Morgan fingerprint density at radius 2 is 1.85 bits per heavy atom. The van der Waals surface area contributed by atoms with Crippen molar-refractivity contribution in [3.8, 4) is 0 Å². The van der Waals surface area contributed by atoms with Gasteiger partial charge in [0.25, 0.3) is 11.6 Å². The predicted octanol–water partition coefficient (Wildman–Crippen LogP) is 3.25. The number of hydrogen-bond donors (Lipinski definition) is 0. The van der Waals surface area contributed by atoms with Gasteiger partial charge in [-0.25, -0.2) is 0 Å². The van der Waals surface area contributed by atoms with Crippen molar-refractivity contribution in [2.45, 2.75) is 19.9 Å². The number of benzene rings is 2. The molecule has 0 bridgehead atoms. The Balaban J connectivity index is 1.64. The maximum Gasteiger partial charge on any atom is 0.272 e. The van der Waals surface area contributed by atoms with Gasteiger partial charge in [-0.05, 0) is 31.0 Å². The van der Waals surface area contributed by atoms with Gasteiger partial charge >= 0.3 is 0 Å². The van der Waals surface area contributed by atoms with Gasteiger partial charge in [-0.15, -0.1) is 0 Å². The quantitative estimate of drug-likeness (QED) is 0.625. The van der Waals surface area contributed by atoms with Crippen LogP contribution in [0.1, 0.15) is 27.9 Å². The molecule has 3 rings (SSSR count). The van der Waals surface area contributed by atoms with E-state index in [1.807, 2.05) is 23.1 Å². The summed E-state index contributed by atoms with van der Waals surface area (Å²) in [6, 6.07) is 14.9. The predicted molar refractivity (Wildman–Crippen MR) is 100 cm³/mol. The van der Waals surface area contributed by atoms with Crippen LogP contribution in [0.15, 0.2) is 48.5 Å². The zero-order chi connectivity index (χ0) is 18.5. The van der Waals surface area contributed by atoms with E-state index >= 15 is 0 Å². The minimum absolute atomic E-state index is 0.0476. The summed E-state index contributed by atoms with van der Waals surface area (Å²) >= 11 is 0. The lowest BCUT2D eigenvalue weighted by Gasteiger charge is -2.22. The normalized spacial score (nSPS) is 15.5. The van der Waals surface area contributed by atoms with E-state index in [-0.39, 0.29) is 11.6 Å². The van der Waals surface area contributed by atoms with Crippen LogP contribution in [0.2, 0.25) is 0 Å². The lowest BCUT2D eigenvalue weighted by Crippen LogP contribution is -2.35. The molecule has 6 nitrogen and oxygen atoms in total. The summed E-state index contributed by atoms with van der Waals surface area (Å²) in [6.07, 6.45) is 0.921. The first kappa shape index (κ1) is 18.1. The number of nitro benzene ring substituents is 1. The Kier molecular flexibility index (Phi) is 5.63. The second-order valence-corrected chi connectivity index (χ2v) is 6.67. The number of aryl methyl sites for hydroxylation is 1. The number of hydrogen-bond acceptors (Lipinski definition) is 4. The number of amides is 1. The molecule has 1 aliphatic rings. The lowest BCUT2D eigenvalue weighted by atomic mass is 10.1. The Labute approximate surface area is 153 Å². The van der Waals surface area contributed by atoms with E-state index in [1.165, 1.54) is 11.6 Å². The molecule has 1 heterocycles. The van der Waals surface area contributed by atoms with E-state index in [0.29, 0.717) is 24.2 Å². The molecule has 1 fully saturated rings.